The van der Waals surface area contributed by atoms with Crippen LogP contribution in [-0.4, -0.2) is 42.6 Å². The maximum Gasteiger partial charge on any atom is 0.326 e. The number of nitrogens with one attached hydrogen (secondary N) is 3. The molecule has 0 bridgehead atoms. The van der Waals surface area contributed by atoms with Gasteiger partial charge in [-0.05, 0) is 18.4 Å². The first kappa shape index (κ1) is 16.5. The molecule has 4 N–H and O–H groups in total. The number of urea groups is 1. The van der Waals surface area contributed by atoms with Gasteiger partial charge in [-0.25, -0.2) is 9.59 Å². The van der Waals surface area contributed by atoms with E-state index in [-0.39, 0.29) is 18.9 Å². The summed E-state index contributed by atoms with van der Waals surface area (Å²) in [5.41, 5.74) is 0.997. The number of aliphatic carboxylic acids is 1. The molecular weight excluding hydrogens is 274 g/mol. The molecule has 1 atom stereocenters. The lowest BCUT2D eigenvalue weighted by atomic mass is 10.1. The van der Waals surface area contributed by atoms with Gasteiger partial charge < -0.3 is 21.1 Å². The molecule has 0 saturated carbocycles. The van der Waals surface area contributed by atoms with E-state index in [0.717, 1.165) is 5.56 Å². The van der Waals surface area contributed by atoms with Gasteiger partial charge in [-0.15, -0.1) is 0 Å². The van der Waals surface area contributed by atoms with Crippen LogP contribution >= 0.6 is 0 Å². The molecule has 0 heterocycles. The number of hydrogen-bond acceptors (Lipinski definition) is 3. The van der Waals surface area contributed by atoms with Crippen molar-refractivity contribution in [2.45, 2.75) is 18.9 Å². The molecule has 0 aliphatic rings. The zero-order valence-electron chi connectivity index (χ0n) is 11.8. The summed E-state index contributed by atoms with van der Waals surface area (Å²) in [6, 6.07) is 7.72. The zero-order valence-corrected chi connectivity index (χ0v) is 11.8. The number of carboxylic acids is 1. The molecule has 21 heavy (non-hydrogen) atoms. The van der Waals surface area contributed by atoms with E-state index in [1.165, 1.54) is 7.05 Å². The average molecular weight is 293 g/mol. The molecule has 0 aromatic heterocycles. The molecule has 0 spiro atoms. The first-order chi connectivity index (χ1) is 10.0. The molecule has 3 amide bonds. The van der Waals surface area contributed by atoms with E-state index in [1.54, 1.807) is 0 Å². The van der Waals surface area contributed by atoms with Crippen LogP contribution in [0.5, 0.6) is 0 Å². The van der Waals surface area contributed by atoms with E-state index < -0.39 is 18.0 Å². The molecular formula is C14H19N3O4. The third-order valence-electron chi connectivity index (χ3n) is 2.86. The van der Waals surface area contributed by atoms with E-state index in [2.05, 4.69) is 16.0 Å². The largest absolute Gasteiger partial charge is 0.480 e. The number of carboxylic acid groups (broad SMARTS) is 1. The number of amides is 3. The van der Waals surface area contributed by atoms with Gasteiger partial charge in [-0.3, -0.25) is 4.79 Å². The van der Waals surface area contributed by atoms with Gasteiger partial charge in [0.2, 0.25) is 5.91 Å². The lowest BCUT2D eigenvalue weighted by Gasteiger charge is -2.15. The van der Waals surface area contributed by atoms with Gasteiger partial charge in [0, 0.05) is 7.05 Å². The minimum Gasteiger partial charge on any atom is -0.480 e. The highest BCUT2D eigenvalue weighted by atomic mass is 16.4. The molecule has 1 aromatic rings. The van der Waals surface area contributed by atoms with Crippen molar-refractivity contribution in [2.24, 2.45) is 0 Å². The molecule has 0 aliphatic carbocycles. The number of carbonyl (C=O) groups is 3. The van der Waals surface area contributed by atoms with E-state index in [4.69, 9.17) is 5.11 Å². The van der Waals surface area contributed by atoms with Crippen molar-refractivity contribution >= 4 is 17.9 Å². The number of aryl methyl sites for hydroxylation is 1. The molecule has 0 radical (unpaired) electrons. The van der Waals surface area contributed by atoms with Crippen molar-refractivity contribution in [2.75, 3.05) is 13.6 Å². The number of benzene rings is 1. The fourth-order valence-corrected chi connectivity index (χ4v) is 1.67. The summed E-state index contributed by atoms with van der Waals surface area (Å²) in [5.74, 6) is -1.47. The molecule has 0 aliphatic heterocycles. The summed E-state index contributed by atoms with van der Waals surface area (Å²) < 4.78 is 0. The molecule has 7 nitrogen and oxygen atoms in total. The first-order valence-electron chi connectivity index (χ1n) is 6.54. The van der Waals surface area contributed by atoms with Crippen LogP contribution in [0.25, 0.3) is 0 Å². The molecule has 114 valence electrons. The van der Waals surface area contributed by atoms with Gasteiger partial charge in [-0.1, -0.05) is 30.3 Å². The lowest BCUT2D eigenvalue weighted by Crippen LogP contribution is -2.48. The highest BCUT2D eigenvalue weighted by Gasteiger charge is 2.19. The average Bonchev–Trinajstić information content (AvgIpc) is 2.49. The number of carbonyl (C=O) groups excluding carboxylic acids is 2. The van der Waals surface area contributed by atoms with Crippen LogP contribution in [0.4, 0.5) is 4.79 Å². The molecule has 1 unspecified atom stereocenters. The maximum absolute atomic E-state index is 11.5. The molecule has 7 heteroatoms. The molecule has 0 fully saturated rings. The fraction of sp³-hybridized carbons (Fsp3) is 0.357. The smallest absolute Gasteiger partial charge is 0.326 e. The number of likely N-dealkylation sites (N-methyl/N-ethyl adjacent to an activating group) is 1. The van der Waals surface area contributed by atoms with Crippen molar-refractivity contribution in [1.29, 1.82) is 0 Å². The van der Waals surface area contributed by atoms with Crippen LogP contribution in [0.1, 0.15) is 12.0 Å². The van der Waals surface area contributed by atoms with E-state index in [0.29, 0.717) is 6.42 Å². The zero-order chi connectivity index (χ0) is 15.7. The van der Waals surface area contributed by atoms with Crippen molar-refractivity contribution in [3.63, 3.8) is 0 Å². The highest BCUT2D eigenvalue weighted by molar-refractivity contribution is 5.86. The topological polar surface area (TPSA) is 108 Å². The van der Waals surface area contributed by atoms with Crippen molar-refractivity contribution < 1.29 is 19.5 Å². The predicted octanol–water partition coefficient (Wildman–Crippen LogP) is 0.118. The maximum atomic E-state index is 11.5. The Hall–Kier alpha value is -2.57. The fourth-order valence-electron chi connectivity index (χ4n) is 1.67. The Balaban J connectivity index is 2.44. The van der Waals surface area contributed by atoms with E-state index in [9.17, 15) is 14.4 Å². The van der Waals surface area contributed by atoms with Crippen LogP contribution in [0.15, 0.2) is 30.3 Å². The van der Waals surface area contributed by atoms with Gasteiger partial charge in [0.05, 0.1) is 6.54 Å². The van der Waals surface area contributed by atoms with Crippen LogP contribution in [-0.2, 0) is 16.0 Å². The van der Waals surface area contributed by atoms with Crippen LogP contribution in [0, 0.1) is 0 Å². The lowest BCUT2D eigenvalue weighted by molar-refractivity contribution is -0.139. The van der Waals surface area contributed by atoms with Crippen LogP contribution < -0.4 is 16.0 Å². The summed E-state index contributed by atoms with van der Waals surface area (Å²) in [4.78, 5) is 33.6. The van der Waals surface area contributed by atoms with Crippen molar-refractivity contribution in [3.8, 4) is 0 Å². The Bertz CT molecular complexity index is 490. The second kappa shape index (κ2) is 8.57. The predicted molar refractivity (Wildman–Crippen MR) is 76.8 cm³/mol. The Morgan fingerprint density at radius 1 is 1.19 bits per heavy atom. The standard InChI is InChI=1S/C14H19N3O4/c1-15-12(18)9-16-14(21)17-11(13(19)20)8-7-10-5-3-2-4-6-10/h2-6,11H,7-9H2,1H3,(H,15,18)(H,19,20)(H2,16,17,21). The van der Waals surface area contributed by atoms with Gasteiger partial charge >= 0.3 is 12.0 Å². The Labute approximate surface area is 122 Å². The summed E-state index contributed by atoms with van der Waals surface area (Å²) in [7, 11) is 1.45. The number of rotatable bonds is 7. The summed E-state index contributed by atoms with van der Waals surface area (Å²) in [5, 5.41) is 16.1. The normalized spacial score (nSPS) is 11.3. The molecule has 0 saturated heterocycles. The Morgan fingerprint density at radius 3 is 2.43 bits per heavy atom. The SMILES string of the molecule is CNC(=O)CNC(=O)NC(CCc1ccccc1)C(=O)O. The third-order valence-corrected chi connectivity index (χ3v) is 2.86. The molecule has 1 rings (SSSR count). The summed E-state index contributed by atoms with van der Waals surface area (Å²) in [6.45, 7) is -0.201. The first-order valence-corrected chi connectivity index (χ1v) is 6.54. The Morgan fingerprint density at radius 2 is 1.86 bits per heavy atom. The Kier molecular flexibility index (Phi) is 6.73. The van der Waals surface area contributed by atoms with Crippen LogP contribution in [0.3, 0.4) is 0 Å². The quantitative estimate of drug-likeness (QED) is 0.572. The van der Waals surface area contributed by atoms with Crippen molar-refractivity contribution in [3.05, 3.63) is 35.9 Å². The minimum atomic E-state index is -1.11. The highest BCUT2D eigenvalue weighted by Crippen LogP contribution is 2.05. The minimum absolute atomic E-state index is 0.201. The second-order valence-electron chi connectivity index (χ2n) is 4.42. The van der Waals surface area contributed by atoms with Crippen LogP contribution in [0.2, 0.25) is 0 Å². The van der Waals surface area contributed by atoms with Gasteiger partial charge in [0.15, 0.2) is 0 Å². The van der Waals surface area contributed by atoms with Gasteiger partial charge in [0.25, 0.3) is 0 Å². The van der Waals surface area contributed by atoms with Crippen molar-refractivity contribution in [1.82, 2.24) is 16.0 Å². The van der Waals surface area contributed by atoms with E-state index >= 15 is 0 Å². The molecule has 1 aromatic carbocycles. The van der Waals surface area contributed by atoms with Gasteiger partial charge in [0.1, 0.15) is 6.04 Å². The van der Waals surface area contributed by atoms with Gasteiger partial charge in [-0.2, -0.15) is 0 Å². The second-order valence-corrected chi connectivity index (χ2v) is 4.42. The monoisotopic (exact) mass is 293 g/mol. The third kappa shape index (κ3) is 6.42. The van der Waals surface area contributed by atoms with E-state index in [1.807, 2.05) is 30.3 Å². The summed E-state index contributed by atoms with van der Waals surface area (Å²) in [6.07, 6.45) is 0.806. The summed E-state index contributed by atoms with van der Waals surface area (Å²) >= 11 is 0. The number of hydrogen-bond donors (Lipinski definition) is 4.